The van der Waals surface area contributed by atoms with Crippen molar-refractivity contribution >= 4 is 40.7 Å². The summed E-state index contributed by atoms with van der Waals surface area (Å²) in [5, 5.41) is 5.70. The van der Waals surface area contributed by atoms with Crippen LogP contribution in [0.1, 0.15) is 5.56 Å². The van der Waals surface area contributed by atoms with E-state index in [0.29, 0.717) is 21.5 Å². The fourth-order valence-electron chi connectivity index (χ4n) is 1.86. The Bertz CT molecular complexity index is 715. The molecule has 0 bridgehead atoms. The second-order valence-electron chi connectivity index (χ2n) is 4.65. The molecule has 0 aliphatic carbocycles. The van der Waals surface area contributed by atoms with Crippen LogP contribution >= 0.6 is 23.2 Å². The topological polar surface area (TPSA) is 67.4 Å². The van der Waals surface area contributed by atoms with E-state index in [1.54, 1.807) is 25.3 Å². The van der Waals surface area contributed by atoms with Crippen LogP contribution in [0.15, 0.2) is 42.5 Å². The summed E-state index contributed by atoms with van der Waals surface area (Å²) >= 11 is 11.7. The average Bonchev–Trinajstić information content (AvgIpc) is 2.51. The number of carbonyl (C=O) groups excluding carboxylic acids is 2. The van der Waals surface area contributed by atoms with Gasteiger partial charge in [-0.15, -0.1) is 0 Å². The highest BCUT2D eigenvalue weighted by molar-refractivity contribution is 6.40. The largest absolute Gasteiger partial charge is 0.497 e. The molecule has 0 aliphatic rings. The average molecular weight is 353 g/mol. The van der Waals surface area contributed by atoms with Gasteiger partial charge in [0.1, 0.15) is 5.75 Å². The highest BCUT2D eigenvalue weighted by Crippen LogP contribution is 2.22. The molecule has 0 saturated carbocycles. The molecule has 0 saturated heterocycles. The van der Waals surface area contributed by atoms with Gasteiger partial charge in [0, 0.05) is 22.3 Å². The van der Waals surface area contributed by atoms with Crippen molar-refractivity contribution in [1.82, 2.24) is 5.32 Å². The molecule has 0 spiro atoms. The van der Waals surface area contributed by atoms with Crippen molar-refractivity contribution in [2.45, 2.75) is 6.54 Å². The molecular weight excluding hydrogens is 339 g/mol. The second-order valence-corrected chi connectivity index (χ2v) is 5.52. The second kappa shape index (κ2) is 7.85. The quantitative estimate of drug-likeness (QED) is 0.830. The smallest absolute Gasteiger partial charge is 0.313 e. The molecule has 0 aliphatic heterocycles. The summed E-state index contributed by atoms with van der Waals surface area (Å²) in [5.41, 5.74) is 1.17. The van der Waals surface area contributed by atoms with Crippen LogP contribution in [0.2, 0.25) is 10.0 Å². The molecule has 2 rings (SSSR count). The van der Waals surface area contributed by atoms with Crippen molar-refractivity contribution in [3.8, 4) is 5.75 Å². The number of benzene rings is 2. The zero-order valence-electron chi connectivity index (χ0n) is 12.2. The molecule has 2 N–H and O–H groups in total. The molecule has 7 heteroatoms. The first-order chi connectivity index (χ1) is 11.0. The number of anilines is 1. The fraction of sp³-hybridized carbons (Fsp3) is 0.125. The molecule has 0 aromatic heterocycles. The van der Waals surface area contributed by atoms with Gasteiger partial charge in [0.05, 0.1) is 7.11 Å². The van der Waals surface area contributed by atoms with E-state index >= 15 is 0 Å². The number of rotatable bonds is 4. The highest BCUT2D eigenvalue weighted by atomic mass is 35.5. The number of carbonyl (C=O) groups is 2. The van der Waals surface area contributed by atoms with Gasteiger partial charge in [-0.1, -0.05) is 35.3 Å². The molecule has 2 amide bonds. The number of ether oxygens (including phenoxy) is 1. The van der Waals surface area contributed by atoms with Crippen LogP contribution in [0, 0.1) is 0 Å². The summed E-state index contributed by atoms with van der Waals surface area (Å²) in [6, 6.07) is 11.7. The third kappa shape index (κ3) is 5.16. The Hall–Kier alpha value is -2.24. The van der Waals surface area contributed by atoms with Crippen molar-refractivity contribution in [1.29, 1.82) is 0 Å². The minimum absolute atomic E-state index is 0.208. The monoisotopic (exact) mass is 352 g/mol. The van der Waals surface area contributed by atoms with Crippen LogP contribution in [-0.4, -0.2) is 18.9 Å². The summed E-state index contributed by atoms with van der Waals surface area (Å²) in [5.74, 6) is -0.884. The molecule has 0 fully saturated rings. The van der Waals surface area contributed by atoms with Gasteiger partial charge in [0.2, 0.25) is 0 Å². The van der Waals surface area contributed by atoms with Crippen LogP contribution in [0.4, 0.5) is 5.69 Å². The predicted molar refractivity (Wildman–Crippen MR) is 89.9 cm³/mol. The molecule has 0 heterocycles. The van der Waals surface area contributed by atoms with E-state index in [2.05, 4.69) is 10.6 Å². The standard InChI is InChI=1S/C16H14Cl2N2O3/c1-23-14-4-2-3-10(5-14)9-19-15(21)16(22)20-13-7-11(17)6-12(18)8-13/h2-8H,9H2,1H3,(H,19,21)(H,20,22). The summed E-state index contributed by atoms with van der Waals surface area (Å²) in [6.45, 7) is 0.208. The van der Waals surface area contributed by atoms with Crippen LogP contribution in [0.3, 0.4) is 0 Å². The van der Waals surface area contributed by atoms with E-state index in [9.17, 15) is 9.59 Å². The lowest BCUT2D eigenvalue weighted by atomic mass is 10.2. The Morgan fingerprint density at radius 1 is 1.04 bits per heavy atom. The van der Waals surface area contributed by atoms with Gasteiger partial charge >= 0.3 is 11.8 Å². The van der Waals surface area contributed by atoms with Crippen molar-refractivity contribution in [2.24, 2.45) is 0 Å². The SMILES string of the molecule is COc1cccc(CNC(=O)C(=O)Nc2cc(Cl)cc(Cl)c2)c1. The minimum Gasteiger partial charge on any atom is -0.497 e. The van der Waals surface area contributed by atoms with Crippen molar-refractivity contribution < 1.29 is 14.3 Å². The Labute approximate surface area is 143 Å². The maximum absolute atomic E-state index is 11.8. The summed E-state index contributed by atoms with van der Waals surface area (Å²) < 4.78 is 5.09. The van der Waals surface area contributed by atoms with E-state index < -0.39 is 11.8 Å². The molecule has 23 heavy (non-hydrogen) atoms. The third-order valence-electron chi connectivity index (χ3n) is 2.91. The normalized spacial score (nSPS) is 10.0. The molecule has 2 aromatic carbocycles. The van der Waals surface area contributed by atoms with E-state index in [1.807, 2.05) is 6.07 Å². The Morgan fingerprint density at radius 2 is 1.74 bits per heavy atom. The molecule has 0 unspecified atom stereocenters. The van der Waals surface area contributed by atoms with Crippen molar-refractivity contribution in [3.63, 3.8) is 0 Å². The van der Waals surface area contributed by atoms with Gasteiger partial charge in [0.25, 0.3) is 0 Å². The number of hydrogen-bond donors (Lipinski definition) is 2. The Morgan fingerprint density at radius 3 is 2.39 bits per heavy atom. The number of hydrogen-bond acceptors (Lipinski definition) is 3. The Balaban J connectivity index is 1.93. The summed E-state index contributed by atoms with van der Waals surface area (Å²) in [6.07, 6.45) is 0. The van der Waals surface area contributed by atoms with Gasteiger partial charge in [-0.3, -0.25) is 9.59 Å². The number of halogens is 2. The van der Waals surface area contributed by atoms with Crippen molar-refractivity contribution in [2.75, 3.05) is 12.4 Å². The highest BCUT2D eigenvalue weighted by Gasteiger charge is 2.14. The molecule has 0 atom stereocenters. The van der Waals surface area contributed by atoms with E-state index in [1.165, 1.54) is 18.2 Å². The lowest BCUT2D eigenvalue weighted by Gasteiger charge is -2.08. The van der Waals surface area contributed by atoms with Crippen molar-refractivity contribution in [3.05, 3.63) is 58.1 Å². The molecule has 120 valence electrons. The number of nitrogens with one attached hydrogen (secondary N) is 2. The molecular formula is C16H14Cl2N2O3. The fourth-order valence-corrected chi connectivity index (χ4v) is 2.38. The number of methoxy groups -OCH3 is 1. The minimum atomic E-state index is -0.800. The third-order valence-corrected chi connectivity index (χ3v) is 3.35. The van der Waals surface area contributed by atoms with Gasteiger partial charge in [-0.25, -0.2) is 0 Å². The van der Waals surface area contributed by atoms with E-state index in [-0.39, 0.29) is 6.54 Å². The predicted octanol–water partition coefficient (Wildman–Crippen LogP) is 3.26. The van der Waals surface area contributed by atoms with E-state index in [0.717, 1.165) is 5.56 Å². The summed E-state index contributed by atoms with van der Waals surface area (Å²) in [4.78, 5) is 23.7. The first kappa shape index (κ1) is 17.1. The zero-order chi connectivity index (χ0) is 16.8. The lowest BCUT2D eigenvalue weighted by molar-refractivity contribution is -0.136. The maximum Gasteiger partial charge on any atom is 0.313 e. The van der Waals surface area contributed by atoms with Crippen LogP contribution < -0.4 is 15.4 Å². The molecule has 2 aromatic rings. The molecule has 0 radical (unpaired) electrons. The van der Waals surface area contributed by atoms with Crippen LogP contribution in [-0.2, 0) is 16.1 Å². The Kier molecular flexibility index (Phi) is 5.84. The first-order valence-electron chi connectivity index (χ1n) is 6.66. The zero-order valence-corrected chi connectivity index (χ0v) is 13.7. The lowest BCUT2D eigenvalue weighted by Crippen LogP contribution is -2.34. The van der Waals surface area contributed by atoms with Gasteiger partial charge in [-0.05, 0) is 35.9 Å². The maximum atomic E-state index is 11.8. The van der Waals surface area contributed by atoms with Crippen LogP contribution in [0.5, 0.6) is 5.75 Å². The summed E-state index contributed by atoms with van der Waals surface area (Å²) in [7, 11) is 1.56. The first-order valence-corrected chi connectivity index (χ1v) is 7.42. The molecule has 5 nitrogen and oxygen atoms in total. The van der Waals surface area contributed by atoms with Crippen LogP contribution in [0.25, 0.3) is 0 Å². The van der Waals surface area contributed by atoms with Gasteiger partial charge < -0.3 is 15.4 Å². The number of amides is 2. The van der Waals surface area contributed by atoms with E-state index in [4.69, 9.17) is 27.9 Å². The van der Waals surface area contributed by atoms with Gasteiger partial charge in [-0.2, -0.15) is 0 Å². The van der Waals surface area contributed by atoms with Gasteiger partial charge in [0.15, 0.2) is 0 Å².